The molecule has 1 aromatic heterocycles. The van der Waals surface area contributed by atoms with Crippen molar-refractivity contribution in [2.75, 3.05) is 18.4 Å². The van der Waals surface area contributed by atoms with Gasteiger partial charge in [-0.2, -0.15) is 0 Å². The number of anilines is 1. The molecule has 1 amide bonds. The van der Waals surface area contributed by atoms with Crippen LogP contribution in [0.25, 0.3) is 11.1 Å². The number of nitrogens with one attached hydrogen (secondary N) is 2. The van der Waals surface area contributed by atoms with E-state index >= 15 is 0 Å². The number of nitrogens with zero attached hydrogens (tertiary/aromatic N) is 1. The van der Waals surface area contributed by atoms with Crippen LogP contribution in [-0.4, -0.2) is 24.0 Å². The van der Waals surface area contributed by atoms with Gasteiger partial charge in [-0.15, -0.1) is 12.4 Å². The van der Waals surface area contributed by atoms with Crippen LogP contribution >= 0.6 is 12.4 Å². The normalized spacial score (nSPS) is 17.3. The minimum absolute atomic E-state index is 0. The number of carbonyl (C=O) groups excluding carboxylic acids is 1. The van der Waals surface area contributed by atoms with Crippen molar-refractivity contribution >= 4 is 35.1 Å². The lowest BCUT2D eigenvalue weighted by Gasteiger charge is -2.05. The molecule has 2 aliphatic rings. The van der Waals surface area contributed by atoms with E-state index in [1.165, 1.54) is 25.7 Å². The lowest BCUT2D eigenvalue weighted by atomic mass is 10.3. The zero-order valence-corrected chi connectivity index (χ0v) is 13.1. The van der Waals surface area contributed by atoms with Gasteiger partial charge in [-0.25, -0.2) is 4.98 Å². The van der Waals surface area contributed by atoms with Crippen molar-refractivity contribution in [3.8, 4) is 0 Å². The van der Waals surface area contributed by atoms with Gasteiger partial charge < -0.3 is 15.1 Å². The molecule has 0 aliphatic heterocycles. The highest BCUT2D eigenvalue weighted by Crippen LogP contribution is 2.40. The van der Waals surface area contributed by atoms with E-state index in [0.717, 1.165) is 35.1 Å². The maximum Gasteiger partial charge on any atom is 0.238 e. The van der Waals surface area contributed by atoms with Gasteiger partial charge in [-0.3, -0.25) is 4.79 Å². The van der Waals surface area contributed by atoms with Crippen LogP contribution in [0.1, 0.15) is 37.5 Å². The molecule has 22 heavy (non-hydrogen) atoms. The molecule has 2 saturated carbocycles. The SMILES string of the molecule is Cl.O=C(CNCC1CC1)Nc1ccc2nc(C3CC3)oc2c1. The molecule has 1 aromatic carbocycles. The predicted octanol–water partition coefficient (Wildman–Crippen LogP) is 3.07. The highest BCUT2D eigenvalue weighted by atomic mass is 35.5. The summed E-state index contributed by atoms with van der Waals surface area (Å²) in [6.45, 7) is 1.30. The second-order valence-electron chi connectivity index (χ2n) is 6.13. The molecule has 0 atom stereocenters. The van der Waals surface area contributed by atoms with E-state index < -0.39 is 0 Å². The second kappa shape index (κ2) is 6.26. The third kappa shape index (κ3) is 3.59. The van der Waals surface area contributed by atoms with Crippen molar-refractivity contribution in [3.63, 3.8) is 0 Å². The Morgan fingerprint density at radius 3 is 2.82 bits per heavy atom. The molecule has 5 nitrogen and oxygen atoms in total. The van der Waals surface area contributed by atoms with Crippen LogP contribution in [0, 0.1) is 5.92 Å². The Morgan fingerprint density at radius 1 is 1.27 bits per heavy atom. The second-order valence-corrected chi connectivity index (χ2v) is 6.13. The number of carbonyl (C=O) groups is 1. The third-order valence-electron chi connectivity index (χ3n) is 4.03. The van der Waals surface area contributed by atoms with Crippen LogP contribution in [-0.2, 0) is 4.79 Å². The summed E-state index contributed by atoms with van der Waals surface area (Å²) in [4.78, 5) is 16.3. The number of rotatable bonds is 6. The van der Waals surface area contributed by atoms with Gasteiger partial charge in [0.1, 0.15) is 5.52 Å². The van der Waals surface area contributed by atoms with Crippen LogP contribution < -0.4 is 10.6 Å². The number of fused-ring (bicyclic) bond motifs is 1. The van der Waals surface area contributed by atoms with E-state index in [-0.39, 0.29) is 18.3 Å². The summed E-state index contributed by atoms with van der Waals surface area (Å²) in [5.74, 6) is 2.10. The van der Waals surface area contributed by atoms with Crippen LogP contribution in [0.15, 0.2) is 22.6 Å². The zero-order valence-electron chi connectivity index (χ0n) is 12.3. The van der Waals surface area contributed by atoms with Crippen LogP contribution in [0.2, 0.25) is 0 Å². The maximum absolute atomic E-state index is 11.9. The number of benzene rings is 1. The Labute approximate surface area is 135 Å². The van der Waals surface area contributed by atoms with Gasteiger partial charge in [0.15, 0.2) is 11.5 Å². The summed E-state index contributed by atoms with van der Waals surface area (Å²) in [5.41, 5.74) is 2.38. The number of amides is 1. The quantitative estimate of drug-likeness (QED) is 0.858. The van der Waals surface area contributed by atoms with Crippen molar-refractivity contribution in [3.05, 3.63) is 24.1 Å². The molecule has 1 heterocycles. The molecule has 0 saturated heterocycles. The lowest BCUT2D eigenvalue weighted by Crippen LogP contribution is -2.29. The molecule has 0 bridgehead atoms. The van der Waals surface area contributed by atoms with E-state index in [1.807, 2.05) is 18.2 Å². The lowest BCUT2D eigenvalue weighted by molar-refractivity contribution is -0.115. The van der Waals surface area contributed by atoms with E-state index in [1.54, 1.807) is 0 Å². The Hall–Kier alpha value is -1.59. The average molecular weight is 322 g/mol. The molecule has 2 aromatic rings. The van der Waals surface area contributed by atoms with E-state index in [4.69, 9.17) is 4.42 Å². The molecule has 6 heteroatoms. The topological polar surface area (TPSA) is 67.2 Å². The first-order valence-corrected chi connectivity index (χ1v) is 7.69. The minimum Gasteiger partial charge on any atom is -0.440 e. The highest BCUT2D eigenvalue weighted by molar-refractivity contribution is 5.94. The predicted molar refractivity (Wildman–Crippen MR) is 87.5 cm³/mol. The molecule has 2 fully saturated rings. The van der Waals surface area contributed by atoms with Crippen LogP contribution in [0.5, 0.6) is 0 Å². The fourth-order valence-corrected chi connectivity index (χ4v) is 2.44. The summed E-state index contributed by atoms with van der Waals surface area (Å²) in [7, 11) is 0. The first-order chi connectivity index (χ1) is 10.3. The van der Waals surface area contributed by atoms with Crippen molar-refractivity contribution < 1.29 is 9.21 Å². The average Bonchev–Trinajstić information content (AvgIpc) is 3.37. The number of hydrogen-bond donors (Lipinski definition) is 2. The van der Waals surface area contributed by atoms with Gasteiger partial charge in [0.25, 0.3) is 0 Å². The van der Waals surface area contributed by atoms with Gasteiger partial charge in [-0.1, -0.05) is 0 Å². The monoisotopic (exact) mass is 321 g/mol. The first-order valence-electron chi connectivity index (χ1n) is 7.69. The summed E-state index contributed by atoms with van der Waals surface area (Å²) >= 11 is 0. The molecular weight excluding hydrogens is 302 g/mol. The number of halogens is 1. The van der Waals surface area contributed by atoms with E-state index in [0.29, 0.717) is 12.5 Å². The van der Waals surface area contributed by atoms with Gasteiger partial charge in [0, 0.05) is 17.7 Å². The van der Waals surface area contributed by atoms with Gasteiger partial charge >= 0.3 is 0 Å². The summed E-state index contributed by atoms with van der Waals surface area (Å²) < 4.78 is 5.76. The van der Waals surface area contributed by atoms with Crippen LogP contribution in [0.3, 0.4) is 0 Å². The highest BCUT2D eigenvalue weighted by Gasteiger charge is 2.28. The van der Waals surface area contributed by atoms with Gasteiger partial charge in [-0.05, 0) is 50.3 Å². The first kappa shape index (κ1) is 15.3. The number of hydrogen-bond acceptors (Lipinski definition) is 4. The smallest absolute Gasteiger partial charge is 0.238 e. The summed E-state index contributed by atoms with van der Waals surface area (Å²) in [5, 5.41) is 6.08. The Bertz CT molecular complexity index is 677. The minimum atomic E-state index is -0.0167. The largest absolute Gasteiger partial charge is 0.440 e. The van der Waals surface area contributed by atoms with Crippen LogP contribution in [0.4, 0.5) is 5.69 Å². The molecule has 0 unspecified atom stereocenters. The summed E-state index contributed by atoms with van der Waals surface area (Å²) in [6.07, 6.45) is 4.92. The van der Waals surface area contributed by atoms with Crippen molar-refractivity contribution in [2.45, 2.75) is 31.6 Å². The fraction of sp³-hybridized carbons (Fsp3) is 0.500. The van der Waals surface area contributed by atoms with Gasteiger partial charge in [0.05, 0.1) is 6.54 Å². The zero-order chi connectivity index (χ0) is 14.2. The Balaban J connectivity index is 0.00000144. The fourth-order valence-electron chi connectivity index (χ4n) is 2.44. The Morgan fingerprint density at radius 2 is 2.09 bits per heavy atom. The number of aromatic nitrogens is 1. The van der Waals surface area contributed by atoms with Gasteiger partial charge in [0.2, 0.25) is 5.91 Å². The summed E-state index contributed by atoms with van der Waals surface area (Å²) in [6, 6.07) is 5.63. The third-order valence-corrected chi connectivity index (χ3v) is 4.03. The molecule has 2 aliphatic carbocycles. The van der Waals surface area contributed by atoms with Crippen molar-refractivity contribution in [2.24, 2.45) is 5.92 Å². The molecule has 2 N–H and O–H groups in total. The van der Waals surface area contributed by atoms with E-state index in [9.17, 15) is 4.79 Å². The maximum atomic E-state index is 11.9. The van der Waals surface area contributed by atoms with Crippen molar-refractivity contribution in [1.82, 2.24) is 10.3 Å². The molecule has 118 valence electrons. The molecule has 4 rings (SSSR count). The number of oxazole rings is 1. The molecule has 0 spiro atoms. The standard InChI is InChI=1S/C16H19N3O2.ClH/c20-15(9-17-8-10-1-2-10)18-12-5-6-13-14(7-12)21-16(19-13)11-3-4-11;/h5-7,10-11,17H,1-4,8-9H2,(H,18,20);1H. The van der Waals surface area contributed by atoms with E-state index in [2.05, 4.69) is 15.6 Å². The Kier molecular flexibility index (Phi) is 4.36. The molecule has 0 radical (unpaired) electrons. The van der Waals surface area contributed by atoms with Crippen molar-refractivity contribution in [1.29, 1.82) is 0 Å². The molecular formula is C16H20ClN3O2.